The summed E-state index contributed by atoms with van der Waals surface area (Å²) in [4.78, 5) is 25.5. The minimum atomic E-state index is -1.05. The number of nitrogens with one attached hydrogen (secondary N) is 2. The van der Waals surface area contributed by atoms with Crippen LogP contribution in [0.15, 0.2) is 42.5 Å². The van der Waals surface area contributed by atoms with Crippen molar-refractivity contribution in [2.24, 2.45) is 0 Å². The Morgan fingerprint density at radius 1 is 0.957 bits per heavy atom. The van der Waals surface area contributed by atoms with Gasteiger partial charge < -0.3 is 15.5 Å². The molecule has 2 aromatic carbocycles. The van der Waals surface area contributed by atoms with Crippen LogP contribution in [0.25, 0.3) is 0 Å². The van der Waals surface area contributed by atoms with Crippen LogP contribution in [-0.4, -0.2) is 25.9 Å². The molecule has 0 aliphatic rings. The molecule has 0 unspecified atom stereocenters. The van der Waals surface area contributed by atoms with Crippen LogP contribution in [0.1, 0.15) is 0 Å². The highest BCUT2D eigenvalue weighted by molar-refractivity contribution is 6.43. The average Bonchev–Trinajstić information content (AvgIpc) is 2.50. The molecule has 120 valence electrons. The van der Waals surface area contributed by atoms with Crippen LogP contribution in [0, 0.1) is 11.6 Å². The van der Waals surface area contributed by atoms with Crippen LogP contribution in [0.3, 0.4) is 0 Å². The number of halogens is 2. The smallest absolute Gasteiger partial charge is 0.314 e. The number of carbonyl (C=O) groups excluding carboxylic acids is 2. The molecule has 2 rings (SSSR count). The van der Waals surface area contributed by atoms with E-state index in [2.05, 4.69) is 10.6 Å². The Labute approximate surface area is 131 Å². The van der Waals surface area contributed by atoms with Gasteiger partial charge in [0.1, 0.15) is 11.6 Å². The Balaban J connectivity index is 2.05. The van der Waals surface area contributed by atoms with Crippen molar-refractivity contribution in [1.82, 2.24) is 0 Å². The lowest BCUT2D eigenvalue weighted by Crippen LogP contribution is -2.29. The topological polar surface area (TPSA) is 61.4 Å². The Morgan fingerprint density at radius 3 is 2.30 bits per heavy atom. The summed E-state index contributed by atoms with van der Waals surface area (Å²) in [6, 6.07) is 9.51. The first-order valence-corrected chi connectivity index (χ1v) is 6.71. The predicted molar refractivity (Wildman–Crippen MR) is 84.4 cm³/mol. The monoisotopic (exact) mass is 319 g/mol. The zero-order valence-electron chi connectivity index (χ0n) is 12.6. The van der Waals surface area contributed by atoms with Crippen molar-refractivity contribution in [1.29, 1.82) is 0 Å². The van der Waals surface area contributed by atoms with Crippen LogP contribution in [0.2, 0.25) is 0 Å². The van der Waals surface area contributed by atoms with Crippen molar-refractivity contribution in [3.05, 3.63) is 54.1 Å². The third-order valence-electron chi connectivity index (χ3n) is 3.01. The Kier molecular flexibility index (Phi) is 4.90. The van der Waals surface area contributed by atoms with E-state index in [0.29, 0.717) is 11.8 Å². The second-order valence-electron chi connectivity index (χ2n) is 4.98. The second-order valence-corrected chi connectivity index (χ2v) is 4.98. The van der Waals surface area contributed by atoms with Gasteiger partial charge in [-0.05, 0) is 30.3 Å². The molecule has 0 bridgehead atoms. The fourth-order valence-electron chi connectivity index (χ4n) is 1.82. The summed E-state index contributed by atoms with van der Waals surface area (Å²) in [7, 11) is 3.68. The molecule has 0 spiro atoms. The summed E-state index contributed by atoms with van der Waals surface area (Å²) >= 11 is 0. The molecule has 23 heavy (non-hydrogen) atoms. The van der Waals surface area contributed by atoms with Crippen molar-refractivity contribution in [2.45, 2.75) is 0 Å². The van der Waals surface area contributed by atoms with Gasteiger partial charge in [0.15, 0.2) is 0 Å². The number of carbonyl (C=O) groups is 2. The molecule has 0 saturated carbocycles. The fraction of sp³-hybridized carbons (Fsp3) is 0.125. The summed E-state index contributed by atoms with van der Waals surface area (Å²) in [5.74, 6) is -3.73. The van der Waals surface area contributed by atoms with Gasteiger partial charge in [0.2, 0.25) is 0 Å². The molecule has 0 saturated heterocycles. The molecule has 0 fully saturated rings. The van der Waals surface area contributed by atoms with Gasteiger partial charge >= 0.3 is 11.8 Å². The quantitative estimate of drug-likeness (QED) is 0.855. The summed E-state index contributed by atoms with van der Waals surface area (Å²) in [6.45, 7) is 0. The summed E-state index contributed by atoms with van der Waals surface area (Å²) in [5.41, 5.74) is 0.998. The molecular weight excluding hydrogens is 304 g/mol. The first kappa shape index (κ1) is 16.4. The van der Waals surface area contributed by atoms with Gasteiger partial charge in [-0.15, -0.1) is 0 Å². The average molecular weight is 319 g/mol. The Bertz CT molecular complexity index is 748. The maximum Gasteiger partial charge on any atom is 0.314 e. The van der Waals surface area contributed by atoms with Crippen LogP contribution in [0.5, 0.6) is 0 Å². The minimum absolute atomic E-state index is 0.270. The van der Waals surface area contributed by atoms with Crippen molar-refractivity contribution in [3.8, 4) is 0 Å². The molecular formula is C16H15F2N3O2. The maximum atomic E-state index is 13.5. The zero-order valence-corrected chi connectivity index (χ0v) is 12.6. The highest BCUT2D eigenvalue weighted by Gasteiger charge is 2.16. The summed E-state index contributed by atoms with van der Waals surface area (Å²) < 4.78 is 26.2. The van der Waals surface area contributed by atoms with Crippen LogP contribution in [-0.2, 0) is 9.59 Å². The third-order valence-corrected chi connectivity index (χ3v) is 3.01. The number of amides is 2. The van der Waals surface area contributed by atoms with Crippen molar-refractivity contribution in [3.63, 3.8) is 0 Å². The zero-order chi connectivity index (χ0) is 17.0. The Hall–Kier alpha value is -2.96. The van der Waals surface area contributed by atoms with Gasteiger partial charge in [-0.1, -0.05) is 6.07 Å². The van der Waals surface area contributed by atoms with Gasteiger partial charge in [-0.2, -0.15) is 0 Å². The predicted octanol–water partition coefficient (Wildman–Crippen LogP) is 2.61. The van der Waals surface area contributed by atoms with E-state index in [-0.39, 0.29) is 5.69 Å². The number of anilines is 3. The second kappa shape index (κ2) is 6.87. The molecule has 2 amide bonds. The van der Waals surface area contributed by atoms with Crippen LogP contribution >= 0.6 is 0 Å². The lowest BCUT2D eigenvalue weighted by atomic mass is 10.2. The van der Waals surface area contributed by atoms with Gasteiger partial charge in [0, 0.05) is 31.5 Å². The molecule has 7 heteroatoms. The maximum absolute atomic E-state index is 13.5. The number of hydrogen-bond acceptors (Lipinski definition) is 3. The molecule has 2 N–H and O–H groups in total. The number of rotatable bonds is 3. The lowest BCUT2D eigenvalue weighted by molar-refractivity contribution is -0.133. The van der Waals surface area contributed by atoms with E-state index < -0.39 is 23.4 Å². The largest absolute Gasteiger partial charge is 0.378 e. The molecule has 0 atom stereocenters. The standard InChI is InChI=1S/C16H15F2N3O2/c1-21(2)12-5-3-4-11(9-12)19-15(22)16(23)20-14-7-6-10(17)8-13(14)18/h3-9H,1-2H3,(H,19,22)(H,20,23). The van der Waals surface area contributed by atoms with Crippen molar-refractivity contribution >= 4 is 28.9 Å². The van der Waals surface area contributed by atoms with Gasteiger partial charge in [-0.25, -0.2) is 8.78 Å². The molecule has 0 aromatic heterocycles. The van der Waals surface area contributed by atoms with Gasteiger partial charge in [-0.3, -0.25) is 9.59 Å². The fourth-order valence-corrected chi connectivity index (χ4v) is 1.82. The van der Waals surface area contributed by atoms with E-state index in [1.165, 1.54) is 0 Å². The molecule has 2 aromatic rings. The third kappa shape index (κ3) is 4.26. The SMILES string of the molecule is CN(C)c1cccc(NC(=O)C(=O)Nc2ccc(F)cc2F)c1. The van der Waals surface area contributed by atoms with E-state index in [1.54, 1.807) is 18.2 Å². The van der Waals surface area contributed by atoms with E-state index in [1.807, 2.05) is 25.1 Å². The molecule has 0 aliphatic heterocycles. The highest BCUT2D eigenvalue weighted by atomic mass is 19.1. The normalized spacial score (nSPS) is 10.1. The number of nitrogens with zero attached hydrogens (tertiary/aromatic N) is 1. The molecule has 0 aliphatic carbocycles. The molecule has 0 radical (unpaired) electrons. The van der Waals surface area contributed by atoms with Gasteiger partial charge in [0.25, 0.3) is 0 Å². The summed E-state index contributed by atoms with van der Waals surface area (Å²) in [5, 5.41) is 4.51. The van der Waals surface area contributed by atoms with Crippen molar-refractivity contribution < 1.29 is 18.4 Å². The summed E-state index contributed by atoms with van der Waals surface area (Å²) in [6.07, 6.45) is 0. The first-order chi connectivity index (χ1) is 10.9. The highest BCUT2D eigenvalue weighted by Crippen LogP contribution is 2.18. The van der Waals surface area contributed by atoms with Crippen LogP contribution < -0.4 is 15.5 Å². The molecule has 0 heterocycles. The number of benzene rings is 2. The van der Waals surface area contributed by atoms with E-state index >= 15 is 0 Å². The molecule has 5 nitrogen and oxygen atoms in total. The number of hydrogen-bond donors (Lipinski definition) is 2. The van der Waals surface area contributed by atoms with E-state index in [4.69, 9.17) is 0 Å². The van der Waals surface area contributed by atoms with E-state index in [0.717, 1.165) is 17.8 Å². The van der Waals surface area contributed by atoms with Crippen molar-refractivity contribution in [2.75, 3.05) is 29.6 Å². The van der Waals surface area contributed by atoms with E-state index in [9.17, 15) is 18.4 Å². The lowest BCUT2D eigenvalue weighted by Gasteiger charge is -2.14. The Morgan fingerprint density at radius 2 is 1.65 bits per heavy atom. The first-order valence-electron chi connectivity index (χ1n) is 6.71. The minimum Gasteiger partial charge on any atom is -0.378 e. The van der Waals surface area contributed by atoms with Gasteiger partial charge in [0.05, 0.1) is 5.69 Å². The van der Waals surface area contributed by atoms with Crippen LogP contribution in [0.4, 0.5) is 25.8 Å².